The first kappa shape index (κ1) is 14.4. The zero-order valence-electron chi connectivity index (χ0n) is 10.7. The van der Waals surface area contributed by atoms with Gasteiger partial charge in [0, 0.05) is 17.2 Å². The molecule has 0 radical (unpaired) electrons. The van der Waals surface area contributed by atoms with E-state index in [1.165, 1.54) is 0 Å². The van der Waals surface area contributed by atoms with Crippen LogP contribution >= 0.6 is 15.9 Å². The highest BCUT2D eigenvalue weighted by atomic mass is 79.9. The Kier molecular flexibility index (Phi) is 4.62. The van der Waals surface area contributed by atoms with Gasteiger partial charge in [0.2, 0.25) is 0 Å². The Bertz CT molecular complexity index is 618. The van der Waals surface area contributed by atoms with Crippen molar-refractivity contribution in [2.24, 2.45) is 0 Å². The van der Waals surface area contributed by atoms with Crippen LogP contribution in [0.3, 0.4) is 0 Å². The fraction of sp³-hybridized carbons (Fsp3) is 0.154. The molecule has 2 heterocycles. The molecule has 20 heavy (non-hydrogen) atoms. The van der Waals surface area contributed by atoms with Crippen LogP contribution in [0.15, 0.2) is 35.1 Å². The molecular weight excluding hydrogens is 327 g/mol. The number of aromatic nitrogens is 2. The smallest absolute Gasteiger partial charge is 0.260 e. The summed E-state index contributed by atoms with van der Waals surface area (Å²) in [5.41, 5.74) is 0.136. The molecule has 0 aromatic carbocycles. The second kappa shape index (κ2) is 6.42. The highest BCUT2D eigenvalue weighted by molar-refractivity contribution is 9.10. The van der Waals surface area contributed by atoms with Crippen LogP contribution < -0.4 is 10.6 Å². The summed E-state index contributed by atoms with van der Waals surface area (Å²) in [6.07, 6.45) is 2.62. The number of amides is 1. The predicted octanol–water partition coefficient (Wildman–Crippen LogP) is 3.06. The summed E-state index contributed by atoms with van der Waals surface area (Å²) in [5, 5.41) is 5.51. The van der Waals surface area contributed by atoms with Crippen LogP contribution in [0.25, 0.3) is 0 Å². The summed E-state index contributed by atoms with van der Waals surface area (Å²) in [7, 11) is 0. The molecular formula is C13H12BrFN4O. The van der Waals surface area contributed by atoms with Crippen molar-refractivity contribution in [3.63, 3.8) is 0 Å². The third-order valence-corrected chi connectivity index (χ3v) is 2.88. The van der Waals surface area contributed by atoms with Crippen molar-refractivity contribution in [1.29, 1.82) is 0 Å². The van der Waals surface area contributed by atoms with Crippen molar-refractivity contribution in [2.45, 2.75) is 6.92 Å². The average molecular weight is 339 g/mol. The molecule has 0 atom stereocenters. The van der Waals surface area contributed by atoms with Gasteiger partial charge >= 0.3 is 0 Å². The van der Waals surface area contributed by atoms with Crippen molar-refractivity contribution >= 4 is 33.5 Å². The summed E-state index contributed by atoms with van der Waals surface area (Å²) >= 11 is 3.25. The molecule has 0 fully saturated rings. The number of carbonyl (C=O) groups excluding carboxylic acids is 1. The van der Waals surface area contributed by atoms with E-state index < -0.39 is 11.7 Å². The fourth-order valence-corrected chi connectivity index (χ4v) is 1.79. The Morgan fingerprint density at radius 1 is 1.35 bits per heavy atom. The summed E-state index contributed by atoms with van der Waals surface area (Å²) in [6, 6.07) is 4.53. The lowest BCUT2D eigenvalue weighted by molar-refractivity contribution is 0.102. The molecule has 0 aliphatic rings. The van der Waals surface area contributed by atoms with Crippen LogP contribution in [-0.2, 0) is 0 Å². The number of anilines is 2. The van der Waals surface area contributed by atoms with Gasteiger partial charge in [-0.25, -0.2) is 14.4 Å². The Labute approximate surface area is 123 Å². The van der Waals surface area contributed by atoms with Gasteiger partial charge in [-0.15, -0.1) is 0 Å². The number of rotatable bonds is 4. The van der Waals surface area contributed by atoms with E-state index in [1.54, 1.807) is 18.3 Å². The predicted molar refractivity (Wildman–Crippen MR) is 78.2 cm³/mol. The lowest BCUT2D eigenvalue weighted by Crippen LogP contribution is -2.16. The third-order valence-electron chi connectivity index (χ3n) is 2.41. The largest absolute Gasteiger partial charge is 0.370 e. The van der Waals surface area contributed by atoms with Gasteiger partial charge in [0.25, 0.3) is 5.91 Å². The molecule has 5 nitrogen and oxygen atoms in total. The Morgan fingerprint density at radius 3 is 2.80 bits per heavy atom. The molecule has 2 N–H and O–H groups in total. The molecule has 0 bridgehead atoms. The molecule has 104 valence electrons. The van der Waals surface area contributed by atoms with Crippen LogP contribution in [0.2, 0.25) is 0 Å². The maximum Gasteiger partial charge on any atom is 0.260 e. The molecule has 7 heteroatoms. The molecule has 0 aliphatic heterocycles. The van der Waals surface area contributed by atoms with E-state index in [9.17, 15) is 9.18 Å². The fourth-order valence-electron chi connectivity index (χ4n) is 1.55. The SMILES string of the molecule is CCNc1ncc(F)cc1C(=O)Nc1ccc(Br)cn1. The number of carbonyl (C=O) groups is 1. The standard InChI is InChI=1S/C13H12BrFN4O/c1-2-16-12-10(5-9(15)7-18-12)13(20)19-11-4-3-8(14)6-17-11/h3-7H,2H2,1H3,(H,16,18)(H,17,19,20). The van der Waals surface area contributed by atoms with E-state index in [0.717, 1.165) is 16.7 Å². The van der Waals surface area contributed by atoms with Gasteiger partial charge in [0.1, 0.15) is 17.5 Å². The summed E-state index contributed by atoms with van der Waals surface area (Å²) < 4.78 is 14.0. The van der Waals surface area contributed by atoms with Crippen molar-refractivity contribution in [2.75, 3.05) is 17.2 Å². The number of halogens is 2. The zero-order valence-corrected chi connectivity index (χ0v) is 12.2. The molecule has 0 spiro atoms. The number of pyridine rings is 2. The van der Waals surface area contributed by atoms with Gasteiger partial charge in [-0.05, 0) is 41.1 Å². The van der Waals surface area contributed by atoms with E-state index in [0.29, 0.717) is 18.2 Å². The van der Waals surface area contributed by atoms with Crippen molar-refractivity contribution in [1.82, 2.24) is 9.97 Å². The average Bonchev–Trinajstić information content (AvgIpc) is 2.43. The Hall–Kier alpha value is -2.02. The van der Waals surface area contributed by atoms with Crippen LogP contribution in [0.5, 0.6) is 0 Å². The molecule has 0 saturated heterocycles. The lowest BCUT2D eigenvalue weighted by Gasteiger charge is -2.09. The highest BCUT2D eigenvalue weighted by Crippen LogP contribution is 2.16. The third kappa shape index (κ3) is 3.51. The number of nitrogens with zero attached hydrogens (tertiary/aromatic N) is 2. The van der Waals surface area contributed by atoms with E-state index in [4.69, 9.17) is 0 Å². The second-order valence-electron chi connectivity index (χ2n) is 3.90. The van der Waals surface area contributed by atoms with Gasteiger partial charge in [0.05, 0.1) is 11.8 Å². The summed E-state index contributed by atoms with van der Waals surface area (Å²) in [5.74, 6) is -0.322. The zero-order chi connectivity index (χ0) is 14.5. The van der Waals surface area contributed by atoms with Crippen LogP contribution in [0.1, 0.15) is 17.3 Å². The van der Waals surface area contributed by atoms with E-state index in [2.05, 4.69) is 36.5 Å². The monoisotopic (exact) mass is 338 g/mol. The molecule has 2 rings (SSSR count). The van der Waals surface area contributed by atoms with Crippen molar-refractivity contribution in [3.05, 3.63) is 46.4 Å². The minimum Gasteiger partial charge on any atom is -0.370 e. The number of hydrogen-bond acceptors (Lipinski definition) is 4. The van der Waals surface area contributed by atoms with Crippen LogP contribution in [0.4, 0.5) is 16.0 Å². The van der Waals surface area contributed by atoms with Crippen LogP contribution in [-0.4, -0.2) is 22.4 Å². The van der Waals surface area contributed by atoms with Gasteiger partial charge in [-0.2, -0.15) is 0 Å². The number of hydrogen-bond donors (Lipinski definition) is 2. The highest BCUT2D eigenvalue weighted by Gasteiger charge is 2.14. The first-order chi connectivity index (χ1) is 9.60. The molecule has 2 aromatic heterocycles. The molecule has 2 aromatic rings. The summed E-state index contributed by atoms with van der Waals surface area (Å²) in [4.78, 5) is 20.0. The summed E-state index contributed by atoms with van der Waals surface area (Å²) in [6.45, 7) is 2.44. The molecule has 0 aliphatic carbocycles. The normalized spacial score (nSPS) is 10.2. The second-order valence-corrected chi connectivity index (χ2v) is 4.81. The Morgan fingerprint density at radius 2 is 2.15 bits per heavy atom. The molecule has 0 saturated carbocycles. The van der Waals surface area contributed by atoms with E-state index in [1.807, 2.05) is 6.92 Å². The van der Waals surface area contributed by atoms with E-state index >= 15 is 0 Å². The van der Waals surface area contributed by atoms with E-state index in [-0.39, 0.29) is 5.56 Å². The minimum atomic E-state index is -0.569. The quantitative estimate of drug-likeness (QED) is 0.898. The first-order valence-electron chi connectivity index (χ1n) is 5.92. The number of nitrogens with one attached hydrogen (secondary N) is 2. The van der Waals surface area contributed by atoms with Gasteiger partial charge < -0.3 is 10.6 Å². The van der Waals surface area contributed by atoms with Gasteiger partial charge in [-0.1, -0.05) is 0 Å². The van der Waals surface area contributed by atoms with Crippen LogP contribution in [0, 0.1) is 5.82 Å². The van der Waals surface area contributed by atoms with Gasteiger partial charge in [0.15, 0.2) is 0 Å². The van der Waals surface area contributed by atoms with Crippen molar-refractivity contribution < 1.29 is 9.18 Å². The lowest BCUT2D eigenvalue weighted by atomic mass is 10.2. The minimum absolute atomic E-state index is 0.136. The Balaban J connectivity index is 2.23. The molecule has 1 amide bonds. The first-order valence-corrected chi connectivity index (χ1v) is 6.71. The molecule has 0 unspecified atom stereocenters. The maximum atomic E-state index is 13.2. The maximum absolute atomic E-state index is 13.2. The topological polar surface area (TPSA) is 66.9 Å². The van der Waals surface area contributed by atoms with Crippen molar-refractivity contribution in [3.8, 4) is 0 Å². The van der Waals surface area contributed by atoms with Gasteiger partial charge in [-0.3, -0.25) is 4.79 Å².